The second-order valence-corrected chi connectivity index (χ2v) is 4.34. The van der Waals surface area contributed by atoms with E-state index in [4.69, 9.17) is 5.11 Å². The third kappa shape index (κ3) is 3.52. The summed E-state index contributed by atoms with van der Waals surface area (Å²) in [6.45, 7) is -2.60. The van der Waals surface area contributed by atoms with Crippen LogP contribution in [-0.2, 0) is 4.74 Å². The molecule has 128 valence electrons. The van der Waals surface area contributed by atoms with Gasteiger partial charge in [0.1, 0.15) is 0 Å². The van der Waals surface area contributed by atoms with Crippen molar-refractivity contribution >= 4 is 0 Å². The summed E-state index contributed by atoms with van der Waals surface area (Å²) < 4.78 is 129. The molecule has 0 bridgehead atoms. The summed E-state index contributed by atoms with van der Waals surface area (Å²) in [5.74, 6) is -19.6. The minimum absolute atomic E-state index is 0.170. The second-order valence-electron chi connectivity index (χ2n) is 4.34. The van der Waals surface area contributed by atoms with Crippen LogP contribution in [0.25, 0.3) is 0 Å². The number of alkyl halides is 10. The van der Waals surface area contributed by atoms with Crippen molar-refractivity contribution in [1.82, 2.24) is 0 Å². The quantitative estimate of drug-likeness (QED) is 0.610. The van der Waals surface area contributed by atoms with Gasteiger partial charge in [-0.15, -0.1) is 0 Å². The third-order valence-corrected chi connectivity index (χ3v) is 2.53. The van der Waals surface area contributed by atoms with Gasteiger partial charge >= 0.3 is 29.9 Å². The fraction of sp³-hybridized carbons (Fsp3) is 1.00. The van der Waals surface area contributed by atoms with Gasteiger partial charge < -0.3 is 5.11 Å². The second kappa shape index (κ2) is 5.45. The highest BCUT2D eigenvalue weighted by molar-refractivity contribution is 4.97. The van der Waals surface area contributed by atoms with Gasteiger partial charge in [-0.25, -0.2) is 4.39 Å². The Hall–Kier alpha value is -0.780. The molecule has 0 amide bonds. The van der Waals surface area contributed by atoms with E-state index in [1.165, 1.54) is 0 Å². The number of halogens is 10. The molecule has 0 aromatic carbocycles. The molecule has 0 aliphatic rings. The highest BCUT2D eigenvalue weighted by atomic mass is 19.4. The highest BCUT2D eigenvalue weighted by Gasteiger charge is 2.76. The zero-order valence-corrected chi connectivity index (χ0v) is 10.4. The zero-order chi connectivity index (χ0) is 17.5. The minimum Gasteiger partial charge on any atom is -0.354 e. The van der Waals surface area contributed by atoms with Crippen molar-refractivity contribution in [3.8, 4) is 0 Å². The molecule has 0 spiro atoms. The number of ether oxygens (including phenoxy) is 1. The average Bonchev–Trinajstić information content (AvgIpc) is 2.23. The maximum Gasteiger partial charge on any atom is 0.449 e. The van der Waals surface area contributed by atoms with Crippen molar-refractivity contribution in [1.29, 1.82) is 0 Å². The summed E-state index contributed by atoms with van der Waals surface area (Å²) in [5, 5.41) is 8.87. The average molecular weight is 340 g/mol. The monoisotopic (exact) mass is 340 g/mol. The molecular weight excluding hydrogens is 330 g/mol. The van der Waals surface area contributed by atoms with Crippen LogP contribution >= 0.6 is 0 Å². The molecule has 2 nitrogen and oxygen atoms in total. The van der Waals surface area contributed by atoms with Crippen LogP contribution in [0.15, 0.2) is 0 Å². The molecular formula is C9H10F10O2. The van der Waals surface area contributed by atoms with Crippen molar-refractivity contribution in [3.63, 3.8) is 0 Å². The smallest absolute Gasteiger partial charge is 0.354 e. The van der Waals surface area contributed by atoms with Crippen molar-refractivity contribution in [2.75, 3.05) is 6.67 Å². The van der Waals surface area contributed by atoms with Gasteiger partial charge in [-0.05, 0) is 0 Å². The predicted molar refractivity (Wildman–Crippen MR) is 47.7 cm³/mol. The van der Waals surface area contributed by atoms with E-state index in [0.717, 1.165) is 0 Å². The summed E-state index contributed by atoms with van der Waals surface area (Å²) in [7, 11) is 0. The largest absolute Gasteiger partial charge is 0.449 e. The molecule has 0 fully saturated rings. The first-order valence-corrected chi connectivity index (χ1v) is 5.12. The Kier molecular flexibility index (Phi) is 5.25. The van der Waals surface area contributed by atoms with Crippen molar-refractivity contribution < 1.29 is 53.7 Å². The predicted octanol–water partition coefficient (Wildman–Crippen LogP) is 3.74. The van der Waals surface area contributed by atoms with Crippen LogP contribution in [0.2, 0.25) is 0 Å². The normalized spacial score (nSPS) is 21.6. The highest BCUT2D eigenvalue weighted by Crippen LogP contribution is 2.51. The molecule has 0 saturated carbocycles. The maximum atomic E-state index is 13.4. The third-order valence-electron chi connectivity index (χ3n) is 2.53. The molecule has 3 atom stereocenters. The lowest BCUT2D eigenvalue weighted by molar-refractivity contribution is -0.494. The molecule has 3 unspecified atom stereocenters. The number of rotatable bonds is 5. The van der Waals surface area contributed by atoms with E-state index in [-0.39, 0.29) is 6.92 Å². The molecule has 21 heavy (non-hydrogen) atoms. The van der Waals surface area contributed by atoms with E-state index in [1.807, 2.05) is 0 Å². The molecule has 0 aliphatic heterocycles. The molecule has 0 aromatic rings. The van der Waals surface area contributed by atoms with Crippen molar-refractivity contribution in [3.05, 3.63) is 0 Å². The molecule has 0 aromatic heterocycles. The fourth-order valence-electron chi connectivity index (χ4n) is 1.08. The lowest BCUT2D eigenvalue weighted by Crippen LogP contribution is -2.67. The van der Waals surface area contributed by atoms with Crippen LogP contribution in [0.1, 0.15) is 13.8 Å². The standard InChI is InChI=1S/C9H10F10O2/c1-4(3-10)6(12,13)7(20,9(17,18)19)21-5(2,11)8(14,15)16/h4,20H,3H2,1-2H3. The fourth-order valence-corrected chi connectivity index (χ4v) is 1.08. The van der Waals surface area contributed by atoms with Crippen LogP contribution in [0, 0.1) is 5.92 Å². The number of hydrogen-bond donors (Lipinski definition) is 1. The summed E-state index contributed by atoms with van der Waals surface area (Å²) >= 11 is 0. The Morgan fingerprint density at radius 1 is 0.905 bits per heavy atom. The Balaban J connectivity index is 5.93. The lowest BCUT2D eigenvalue weighted by Gasteiger charge is -2.42. The van der Waals surface area contributed by atoms with Gasteiger partial charge in [0.15, 0.2) is 0 Å². The van der Waals surface area contributed by atoms with E-state index < -0.39 is 49.4 Å². The number of aliphatic hydroxyl groups is 1. The Bertz CT molecular complexity index is 361. The van der Waals surface area contributed by atoms with Gasteiger partial charge in [-0.3, -0.25) is 9.13 Å². The molecule has 12 heteroatoms. The van der Waals surface area contributed by atoms with Crippen LogP contribution in [0.4, 0.5) is 43.9 Å². The van der Waals surface area contributed by atoms with Crippen molar-refractivity contribution in [2.45, 2.75) is 43.8 Å². The van der Waals surface area contributed by atoms with E-state index in [0.29, 0.717) is 0 Å². The lowest BCUT2D eigenvalue weighted by atomic mass is 9.95. The first kappa shape index (κ1) is 20.2. The number of hydrogen-bond acceptors (Lipinski definition) is 2. The van der Waals surface area contributed by atoms with E-state index in [9.17, 15) is 43.9 Å². The molecule has 0 radical (unpaired) electrons. The van der Waals surface area contributed by atoms with Gasteiger partial charge in [0, 0.05) is 6.92 Å². The SMILES string of the molecule is CC(CF)C(F)(F)C(O)(OC(C)(F)C(F)(F)F)C(F)(F)F. The molecule has 1 N–H and O–H groups in total. The van der Waals surface area contributed by atoms with Crippen LogP contribution < -0.4 is 0 Å². The van der Waals surface area contributed by atoms with E-state index >= 15 is 0 Å². The summed E-state index contributed by atoms with van der Waals surface area (Å²) in [5.41, 5.74) is 0. The zero-order valence-electron chi connectivity index (χ0n) is 10.4. The Morgan fingerprint density at radius 2 is 1.29 bits per heavy atom. The van der Waals surface area contributed by atoms with Crippen molar-refractivity contribution in [2.24, 2.45) is 5.92 Å². The molecule has 0 heterocycles. The van der Waals surface area contributed by atoms with Gasteiger partial charge in [0.05, 0.1) is 12.6 Å². The molecule has 0 rings (SSSR count). The Labute approximate surface area is 111 Å². The van der Waals surface area contributed by atoms with Gasteiger partial charge in [0.2, 0.25) is 0 Å². The summed E-state index contributed by atoms with van der Waals surface area (Å²) in [6, 6.07) is 0. The van der Waals surface area contributed by atoms with Crippen LogP contribution in [0.3, 0.4) is 0 Å². The molecule has 0 aliphatic carbocycles. The van der Waals surface area contributed by atoms with Crippen LogP contribution in [0.5, 0.6) is 0 Å². The summed E-state index contributed by atoms with van der Waals surface area (Å²) in [6.07, 6.45) is -12.7. The Morgan fingerprint density at radius 3 is 1.52 bits per heavy atom. The maximum absolute atomic E-state index is 13.4. The van der Waals surface area contributed by atoms with Gasteiger partial charge in [-0.2, -0.15) is 35.1 Å². The topological polar surface area (TPSA) is 29.5 Å². The molecule has 0 saturated heterocycles. The van der Waals surface area contributed by atoms with E-state index in [2.05, 4.69) is 4.74 Å². The summed E-state index contributed by atoms with van der Waals surface area (Å²) in [4.78, 5) is 0. The van der Waals surface area contributed by atoms with Crippen LogP contribution in [-0.4, -0.2) is 41.7 Å². The van der Waals surface area contributed by atoms with E-state index in [1.54, 1.807) is 0 Å². The minimum atomic E-state index is -6.53. The van der Waals surface area contributed by atoms with Gasteiger partial charge in [-0.1, -0.05) is 6.92 Å². The first-order chi connectivity index (χ1) is 8.94. The first-order valence-electron chi connectivity index (χ1n) is 5.12. The van der Waals surface area contributed by atoms with Gasteiger partial charge in [0.25, 0.3) is 0 Å².